The quantitative estimate of drug-likeness (QED) is 0.863. The number of aromatic nitrogens is 1. The molecule has 2 heterocycles. The lowest BCUT2D eigenvalue weighted by Crippen LogP contribution is -2.30. The first-order chi connectivity index (χ1) is 9.99. The summed E-state index contributed by atoms with van der Waals surface area (Å²) >= 11 is 0. The molecule has 5 heteroatoms. The first-order valence-electron chi connectivity index (χ1n) is 7.14. The highest BCUT2D eigenvalue weighted by molar-refractivity contribution is 5.97. The van der Waals surface area contributed by atoms with E-state index in [-0.39, 0.29) is 5.91 Å². The van der Waals surface area contributed by atoms with Gasteiger partial charge >= 0.3 is 5.97 Å². The van der Waals surface area contributed by atoms with Crippen LogP contribution in [-0.4, -0.2) is 40.0 Å². The summed E-state index contributed by atoms with van der Waals surface area (Å²) in [5, 5.41) is 8.71. The van der Waals surface area contributed by atoms with Gasteiger partial charge in [0.25, 0.3) is 5.91 Å². The number of carbonyl (C=O) groups excluding carboxylic acids is 1. The van der Waals surface area contributed by atoms with Crippen LogP contribution in [0.4, 0.5) is 0 Å². The number of hydrogen-bond acceptors (Lipinski definition) is 3. The predicted molar refractivity (Wildman–Crippen MR) is 79.8 cm³/mol. The van der Waals surface area contributed by atoms with Crippen LogP contribution in [-0.2, 0) is 4.79 Å². The summed E-state index contributed by atoms with van der Waals surface area (Å²) in [5.41, 5.74) is 0.859. The fourth-order valence-corrected chi connectivity index (χ4v) is 2.56. The number of amides is 1. The molecule has 112 valence electrons. The molecule has 1 atom stereocenters. The molecule has 0 aliphatic carbocycles. The maximum Gasteiger partial charge on any atom is 0.328 e. The second-order valence-electron chi connectivity index (χ2n) is 5.66. The van der Waals surface area contributed by atoms with Crippen molar-refractivity contribution in [3.8, 4) is 0 Å². The molecule has 0 radical (unpaired) electrons. The Labute approximate surface area is 124 Å². The van der Waals surface area contributed by atoms with Gasteiger partial charge in [0.2, 0.25) is 0 Å². The van der Waals surface area contributed by atoms with E-state index < -0.39 is 5.97 Å². The van der Waals surface area contributed by atoms with E-state index in [1.54, 1.807) is 18.3 Å². The number of pyridine rings is 1. The summed E-state index contributed by atoms with van der Waals surface area (Å²) < 4.78 is 0. The molecule has 21 heavy (non-hydrogen) atoms. The van der Waals surface area contributed by atoms with E-state index in [4.69, 9.17) is 5.11 Å². The molecule has 1 unspecified atom stereocenters. The lowest BCUT2D eigenvalue weighted by atomic mass is 9.95. The average Bonchev–Trinajstić information content (AvgIpc) is 2.94. The second kappa shape index (κ2) is 6.52. The van der Waals surface area contributed by atoms with Crippen molar-refractivity contribution in [2.45, 2.75) is 20.3 Å². The van der Waals surface area contributed by atoms with Crippen LogP contribution in [0.2, 0.25) is 0 Å². The van der Waals surface area contributed by atoms with E-state index in [0.717, 1.165) is 25.6 Å². The summed E-state index contributed by atoms with van der Waals surface area (Å²) in [6.45, 7) is 5.82. The number of nitrogens with zero attached hydrogens (tertiary/aromatic N) is 2. The zero-order valence-corrected chi connectivity index (χ0v) is 12.3. The van der Waals surface area contributed by atoms with Crippen LogP contribution in [0.5, 0.6) is 0 Å². The molecule has 1 N–H and O–H groups in total. The average molecular weight is 288 g/mol. The van der Waals surface area contributed by atoms with Gasteiger partial charge in [-0.15, -0.1) is 0 Å². The maximum atomic E-state index is 12.6. The van der Waals surface area contributed by atoms with E-state index in [0.29, 0.717) is 23.1 Å². The molecule has 1 saturated heterocycles. The Kier molecular flexibility index (Phi) is 4.73. The van der Waals surface area contributed by atoms with Gasteiger partial charge in [0.05, 0.1) is 0 Å². The monoisotopic (exact) mass is 288 g/mol. The third-order valence-electron chi connectivity index (χ3n) is 3.90. The van der Waals surface area contributed by atoms with Crippen LogP contribution in [0, 0.1) is 11.8 Å². The Balaban J connectivity index is 2.18. The van der Waals surface area contributed by atoms with Crippen molar-refractivity contribution in [2.24, 2.45) is 11.8 Å². The lowest BCUT2D eigenvalue weighted by Gasteiger charge is -2.18. The molecule has 0 bridgehead atoms. The third kappa shape index (κ3) is 3.68. The number of rotatable bonds is 4. The number of carboxylic acids is 1. The summed E-state index contributed by atoms with van der Waals surface area (Å²) in [6.07, 6.45) is 5.01. The van der Waals surface area contributed by atoms with Crippen molar-refractivity contribution < 1.29 is 14.7 Å². The molecule has 1 aliphatic heterocycles. The third-order valence-corrected chi connectivity index (χ3v) is 3.90. The minimum Gasteiger partial charge on any atom is -0.478 e. The highest BCUT2D eigenvalue weighted by Crippen LogP contribution is 2.25. The van der Waals surface area contributed by atoms with Gasteiger partial charge in [0.1, 0.15) is 5.69 Å². The molecule has 5 nitrogen and oxygen atoms in total. The number of aliphatic carboxylic acids is 1. The van der Waals surface area contributed by atoms with Crippen LogP contribution in [0.25, 0.3) is 6.08 Å². The molecule has 1 amide bonds. The molecule has 1 fully saturated rings. The molecular formula is C16H20N2O3. The molecule has 1 aromatic heterocycles. The van der Waals surface area contributed by atoms with Crippen molar-refractivity contribution in [3.05, 3.63) is 35.7 Å². The van der Waals surface area contributed by atoms with Gasteiger partial charge in [0.15, 0.2) is 0 Å². The minimum absolute atomic E-state index is 0.121. The van der Waals surface area contributed by atoms with E-state index in [1.807, 2.05) is 4.90 Å². The second-order valence-corrected chi connectivity index (χ2v) is 5.66. The van der Waals surface area contributed by atoms with Gasteiger partial charge in [-0.3, -0.25) is 9.78 Å². The van der Waals surface area contributed by atoms with Crippen LogP contribution >= 0.6 is 0 Å². The topological polar surface area (TPSA) is 70.5 Å². The minimum atomic E-state index is -1.04. The van der Waals surface area contributed by atoms with Crippen LogP contribution in [0.1, 0.15) is 36.3 Å². The van der Waals surface area contributed by atoms with Crippen molar-refractivity contribution in [1.29, 1.82) is 0 Å². The van der Waals surface area contributed by atoms with E-state index >= 15 is 0 Å². The number of carbonyl (C=O) groups is 2. The summed E-state index contributed by atoms with van der Waals surface area (Å²) in [4.78, 5) is 29.1. The summed E-state index contributed by atoms with van der Waals surface area (Å²) in [5.74, 6) is -0.0873. The Bertz CT molecular complexity index is 566. The molecule has 0 aromatic carbocycles. The largest absolute Gasteiger partial charge is 0.478 e. The first-order valence-corrected chi connectivity index (χ1v) is 7.14. The van der Waals surface area contributed by atoms with Crippen LogP contribution in [0.15, 0.2) is 24.4 Å². The SMILES string of the molecule is CC(C)C1CCN(C(=O)c2ncccc2/C=C/C(=O)O)C1. The van der Waals surface area contributed by atoms with Crippen molar-refractivity contribution in [2.75, 3.05) is 13.1 Å². The smallest absolute Gasteiger partial charge is 0.328 e. The summed E-state index contributed by atoms with van der Waals surface area (Å²) in [7, 11) is 0. The highest BCUT2D eigenvalue weighted by Gasteiger charge is 2.29. The Morgan fingerprint density at radius 3 is 2.86 bits per heavy atom. The zero-order chi connectivity index (χ0) is 15.4. The predicted octanol–water partition coefficient (Wildman–Crippen LogP) is 2.30. The van der Waals surface area contributed by atoms with Crippen LogP contribution in [0.3, 0.4) is 0 Å². The number of carboxylic acid groups (broad SMARTS) is 1. The Morgan fingerprint density at radius 2 is 2.24 bits per heavy atom. The van der Waals surface area contributed by atoms with Crippen molar-refractivity contribution in [3.63, 3.8) is 0 Å². The lowest BCUT2D eigenvalue weighted by molar-refractivity contribution is -0.131. The van der Waals surface area contributed by atoms with Crippen molar-refractivity contribution in [1.82, 2.24) is 9.88 Å². The van der Waals surface area contributed by atoms with E-state index in [1.165, 1.54) is 6.08 Å². The first kappa shape index (κ1) is 15.2. The molecular weight excluding hydrogens is 268 g/mol. The molecule has 0 saturated carbocycles. The van der Waals surface area contributed by atoms with Gasteiger partial charge in [0, 0.05) is 30.9 Å². The Hall–Kier alpha value is -2.17. The van der Waals surface area contributed by atoms with E-state index in [2.05, 4.69) is 18.8 Å². The van der Waals surface area contributed by atoms with Gasteiger partial charge < -0.3 is 10.0 Å². The van der Waals surface area contributed by atoms with Gasteiger partial charge in [-0.25, -0.2) is 4.79 Å². The normalized spacial score (nSPS) is 18.6. The number of likely N-dealkylation sites (tertiary alicyclic amines) is 1. The zero-order valence-electron chi connectivity index (χ0n) is 12.3. The fourth-order valence-electron chi connectivity index (χ4n) is 2.56. The molecule has 2 rings (SSSR count). The molecule has 0 spiro atoms. The van der Waals surface area contributed by atoms with Crippen molar-refractivity contribution >= 4 is 18.0 Å². The fraction of sp³-hybridized carbons (Fsp3) is 0.438. The molecule has 1 aliphatic rings. The Morgan fingerprint density at radius 1 is 1.48 bits per heavy atom. The maximum absolute atomic E-state index is 12.6. The molecule has 1 aromatic rings. The van der Waals surface area contributed by atoms with Gasteiger partial charge in [-0.05, 0) is 30.4 Å². The van der Waals surface area contributed by atoms with Gasteiger partial charge in [-0.1, -0.05) is 19.9 Å². The number of hydrogen-bond donors (Lipinski definition) is 1. The standard InChI is InChI=1S/C16H20N2O3/c1-11(2)13-7-9-18(10-13)16(21)15-12(4-3-8-17-15)5-6-14(19)20/h3-6,8,11,13H,7,9-10H2,1-2H3,(H,19,20)/b6-5+. The summed E-state index contributed by atoms with van der Waals surface area (Å²) in [6, 6.07) is 3.40. The van der Waals surface area contributed by atoms with Crippen LogP contribution < -0.4 is 0 Å². The van der Waals surface area contributed by atoms with E-state index in [9.17, 15) is 9.59 Å². The van der Waals surface area contributed by atoms with Gasteiger partial charge in [-0.2, -0.15) is 0 Å². The highest BCUT2D eigenvalue weighted by atomic mass is 16.4.